The van der Waals surface area contributed by atoms with E-state index in [9.17, 15) is 14.7 Å². The summed E-state index contributed by atoms with van der Waals surface area (Å²) < 4.78 is 0. The summed E-state index contributed by atoms with van der Waals surface area (Å²) in [6, 6.07) is 13.7. The Labute approximate surface area is 158 Å². The van der Waals surface area contributed by atoms with Crippen LogP contribution in [0.25, 0.3) is 0 Å². The number of rotatable bonds is 6. The maximum Gasteiger partial charge on any atom is 0.314 e. The van der Waals surface area contributed by atoms with Gasteiger partial charge in [0.05, 0.1) is 5.41 Å². The number of carboxylic acids is 1. The van der Waals surface area contributed by atoms with Gasteiger partial charge in [-0.05, 0) is 50.3 Å². The number of hydrogen-bond donors (Lipinski definition) is 1. The van der Waals surface area contributed by atoms with Crippen molar-refractivity contribution in [3.05, 3.63) is 57.8 Å². The molecular formula is C21H25NO3S. The highest BCUT2D eigenvalue weighted by atomic mass is 32.1. The Kier molecular flexibility index (Phi) is 5.77. The summed E-state index contributed by atoms with van der Waals surface area (Å²) in [7, 11) is 0. The third-order valence-electron chi connectivity index (χ3n) is 5.32. The van der Waals surface area contributed by atoms with Gasteiger partial charge >= 0.3 is 5.97 Å². The van der Waals surface area contributed by atoms with Gasteiger partial charge in [0.25, 0.3) is 0 Å². The molecule has 0 atom stereocenters. The number of hydrogen-bond acceptors (Lipinski definition) is 3. The summed E-state index contributed by atoms with van der Waals surface area (Å²) in [4.78, 5) is 28.9. The zero-order valence-corrected chi connectivity index (χ0v) is 15.9. The van der Waals surface area contributed by atoms with E-state index >= 15 is 0 Å². The second-order valence-corrected chi connectivity index (χ2v) is 8.37. The molecule has 0 saturated carbocycles. The molecule has 5 heteroatoms. The third-order valence-corrected chi connectivity index (χ3v) is 6.38. The van der Waals surface area contributed by atoms with Crippen LogP contribution in [0.5, 0.6) is 0 Å². The highest BCUT2D eigenvalue weighted by molar-refractivity contribution is 7.11. The number of carboxylic acid groups (broad SMARTS) is 1. The average molecular weight is 372 g/mol. The zero-order chi connectivity index (χ0) is 18.6. The highest BCUT2D eigenvalue weighted by Crippen LogP contribution is 2.36. The van der Waals surface area contributed by atoms with Crippen molar-refractivity contribution in [2.45, 2.75) is 44.4 Å². The fraction of sp³-hybridized carbons (Fsp3) is 0.429. The van der Waals surface area contributed by atoms with E-state index in [0.717, 1.165) is 18.4 Å². The first kappa shape index (κ1) is 18.6. The van der Waals surface area contributed by atoms with Crippen LogP contribution in [-0.4, -0.2) is 35.0 Å². The van der Waals surface area contributed by atoms with Crippen molar-refractivity contribution in [3.8, 4) is 0 Å². The number of amides is 1. The number of nitrogens with zero attached hydrogens (tertiary/aromatic N) is 1. The number of aliphatic carboxylic acids is 1. The number of aryl methyl sites for hydroxylation is 2. The summed E-state index contributed by atoms with van der Waals surface area (Å²) in [5.74, 6) is -0.644. The SMILES string of the molecule is Cc1ccc(CCCC(=O)N2CCC(C(=O)O)(c3ccccc3)CC2)s1. The van der Waals surface area contributed by atoms with Crippen molar-refractivity contribution in [2.75, 3.05) is 13.1 Å². The van der Waals surface area contributed by atoms with Crippen molar-refractivity contribution in [1.29, 1.82) is 0 Å². The van der Waals surface area contributed by atoms with Crippen LogP contribution >= 0.6 is 11.3 Å². The molecule has 1 amide bonds. The molecule has 138 valence electrons. The molecule has 1 N–H and O–H groups in total. The van der Waals surface area contributed by atoms with Crippen LogP contribution in [0.2, 0.25) is 0 Å². The monoisotopic (exact) mass is 371 g/mol. The normalized spacial score (nSPS) is 16.4. The van der Waals surface area contributed by atoms with Crippen LogP contribution < -0.4 is 0 Å². The van der Waals surface area contributed by atoms with Gasteiger partial charge in [-0.1, -0.05) is 30.3 Å². The molecule has 0 spiro atoms. The molecule has 2 heterocycles. The molecule has 1 aromatic heterocycles. The number of carbonyl (C=O) groups is 2. The van der Waals surface area contributed by atoms with Crippen LogP contribution in [0.3, 0.4) is 0 Å². The number of piperidine rings is 1. The van der Waals surface area contributed by atoms with Gasteiger partial charge < -0.3 is 10.0 Å². The molecule has 1 aromatic carbocycles. The molecule has 0 aliphatic carbocycles. The smallest absolute Gasteiger partial charge is 0.314 e. The fourth-order valence-electron chi connectivity index (χ4n) is 3.71. The molecule has 0 radical (unpaired) electrons. The predicted molar refractivity (Wildman–Crippen MR) is 104 cm³/mol. The Morgan fingerprint density at radius 1 is 1.12 bits per heavy atom. The van der Waals surface area contributed by atoms with E-state index < -0.39 is 11.4 Å². The number of benzene rings is 1. The topological polar surface area (TPSA) is 57.6 Å². The number of carbonyl (C=O) groups excluding carboxylic acids is 1. The minimum atomic E-state index is -0.869. The minimum absolute atomic E-state index is 0.144. The zero-order valence-electron chi connectivity index (χ0n) is 15.1. The molecule has 26 heavy (non-hydrogen) atoms. The molecule has 4 nitrogen and oxygen atoms in total. The van der Waals surface area contributed by atoms with E-state index in [1.807, 2.05) is 35.2 Å². The van der Waals surface area contributed by atoms with E-state index in [0.29, 0.717) is 32.4 Å². The van der Waals surface area contributed by atoms with Crippen LogP contribution in [-0.2, 0) is 21.4 Å². The van der Waals surface area contributed by atoms with Gasteiger partial charge in [-0.2, -0.15) is 0 Å². The molecule has 3 rings (SSSR count). The molecule has 1 saturated heterocycles. The molecule has 2 aromatic rings. The Balaban J connectivity index is 1.55. The van der Waals surface area contributed by atoms with Gasteiger partial charge in [-0.25, -0.2) is 0 Å². The highest BCUT2D eigenvalue weighted by Gasteiger charge is 2.43. The fourth-order valence-corrected chi connectivity index (χ4v) is 4.64. The summed E-state index contributed by atoms with van der Waals surface area (Å²) >= 11 is 1.79. The first-order valence-corrected chi connectivity index (χ1v) is 9.95. The molecule has 1 fully saturated rings. The molecule has 1 aliphatic heterocycles. The number of likely N-dealkylation sites (tertiary alicyclic amines) is 1. The van der Waals surface area contributed by atoms with Gasteiger partial charge in [-0.3, -0.25) is 9.59 Å². The van der Waals surface area contributed by atoms with E-state index in [1.54, 1.807) is 11.3 Å². The quantitative estimate of drug-likeness (QED) is 0.834. The lowest BCUT2D eigenvalue weighted by atomic mass is 9.73. The van der Waals surface area contributed by atoms with E-state index in [1.165, 1.54) is 9.75 Å². The maximum absolute atomic E-state index is 12.5. The first-order chi connectivity index (χ1) is 12.5. The largest absolute Gasteiger partial charge is 0.481 e. The van der Waals surface area contributed by atoms with E-state index in [2.05, 4.69) is 19.1 Å². The average Bonchev–Trinajstić information content (AvgIpc) is 3.07. The third kappa shape index (κ3) is 3.98. The minimum Gasteiger partial charge on any atom is -0.481 e. The van der Waals surface area contributed by atoms with Gasteiger partial charge in [0.1, 0.15) is 0 Å². The first-order valence-electron chi connectivity index (χ1n) is 9.13. The number of thiophene rings is 1. The van der Waals surface area contributed by atoms with E-state index in [-0.39, 0.29) is 5.91 Å². The van der Waals surface area contributed by atoms with Crippen molar-refractivity contribution in [1.82, 2.24) is 4.90 Å². The summed E-state index contributed by atoms with van der Waals surface area (Å²) in [5, 5.41) is 9.83. The van der Waals surface area contributed by atoms with Crippen LogP contribution in [0.4, 0.5) is 0 Å². The lowest BCUT2D eigenvalue weighted by molar-refractivity contribution is -0.148. The van der Waals surface area contributed by atoms with Crippen molar-refractivity contribution >= 4 is 23.2 Å². The molecular weight excluding hydrogens is 346 g/mol. The second kappa shape index (κ2) is 8.04. The Morgan fingerprint density at radius 3 is 2.38 bits per heavy atom. The second-order valence-electron chi connectivity index (χ2n) is 7.00. The predicted octanol–water partition coefficient (Wildman–Crippen LogP) is 4.02. The van der Waals surface area contributed by atoms with Crippen molar-refractivity contribution in [3.63, 3.8) is 0 Å². The van der Waals surface area contributed by atoms with Gasteiger partial charge in [0.2, 0.25) is 5.91 Å². The Bertz CT molecular complexity index is 761. The standard InChI is InChI=1S/C21H25NO3S/c1-16-10-11-18(26-16)8-5-9-19(23)22-14-12-21(13-15-22,20(24)25)17-6-3-2-4-7-17/h2-4,6-7,10-11H,5,8-9,12-15H2,1H3,(H,24,25). The van der Waals surface area contributed by atoms with Gasteiger partial charge in [0, 0.05) is 29.3 Å². The van der Waals surface area contributed by atoms with E-state index in [4.69, 9.17) is 0 Å². The summed E-state index contributed by atoms with van der Waals surface area (Å²) in [6.45, 7) is 3.12. The van der Waals surface area contributed by atoms with Crippen molar-refractivity contribution in [2.24, 2.45) is 0 Å². The van der Waals surface area contributed by atoms with Gasteiger partial charge in [0.15, 0.2) is 0 Å². The molecule has 0 bridgehead atoms. The van der Waals surface area contributed by atoms with Crippen LogP contribution in [0.1, 0.15) is 41.0 Å². The lowest BCUT2D eigenvalue weighted by Crippen LogP contribution is -2.49. The lowest BCUT2D eigenvalue weighted by Gasteiger charge is -2.39. The molecule has 1 aliphatic rings. The Hall–Kier alpha value is -2.14. The van der Waals surface area contributed by atoms with Gasteiger partial charge in [-0.15, -0.1) is 11.3 Å². The summed E-state index contributed by atoms with van der Waals surface area (Å²) in [5.41, 5.74) is -0.0281. The van der Waals surface area contributed by atoms with Crippen LogP contribution in [0.15, 0.2) is 42.5 Å². The van der Waals surface area contributed by atoms with Crippen LogP contribution in [0, 0.1) is 6.92 Å². The molecule has 0 unspecified atom stereocenters. The Morgan fingerprint density at radius 2 is 1.81 bits per heavy atom. The maximum atomic E-state index is 12.5. The van der Waals surface area contributed by atoms with Crippen molar-refractivity contribution < 1.29 is 14.7 Å². The summed E-state index contributed by atoms with van der Waals surface area (Å²) in [6.07, 6.45) is 3.26.